The second kappa shape index (κ2) is 6.32. The van der Waals surface area contributed by atoms with E-state index < -0.39 is 11.9 Å². The number of carbonyl (C=O) groups is 3. The first-order valence-electron chi connectivity index (χ1n) is 5.98. The van der Waals surface area contributed by atoms with E-state index in [-0.39, 0.29) is 21.8 Å². The van der Waals surface area contributed by atoms with Gasteiger partial charge in [-0.25, -0.2) is 9.59 Å². The van der Waals surface area contributed by atoms with Crippen molar-refractivity contribution in [2.24, 2.45) is 0 Å². The van der Waals surface area contributed by atoms with Crippen LogP contribution in [-0.4, -0.2) is 31.9 Å². The number of hydrogen-bond donors (Lipinski definition) is 0. The van der Waals surface area contributed by atoms with Crippen LogP contribution < -0.4 is 0 Å². The predicted octanol–water partition coefficient (Wildman–Crippen LogP) is 2.55. The minimum absolute atomic E-state index is 0.0526. The number of rotatable bonds is 4. The molecule has 108 valence electrons. The summed E-state index contributed by atoms with van der Waals surface area (Å²) in [5, 5.41) is 1.47. The molecule has 0 saturated carbocycles. The summed E-state index contributed by atoms with van der Waals surface area (Å²) >= 11 is 0.979. The lowest BCUT2D eigenvalue weighted by Crippen LogP contribution is -2.13. The van der Waals surface area contributed by atoms with Gasteiger partial charge in [0.1, 0.15) is 4.88 Å². The number of ketones is 1. The number of benzene rings is 1. The highest BCUT2D eigenvalue weighted by Crippen LogP contribution is 2.26. The van der Waals surface area contributed by atoms with Crippen molar-refractivity contribution < 1.29 is 23.9 Å². The van der Waals surface area contributed by atoms with E-state index >= 15 is 0 Å². The fourth-order valence-electron chi connectivity index (χ4n) is 1.82. The highest BCUT2D eigenvalue weighted by molar-refractivity contribution is 7.12. The maximum atomic E-state index is 12.5. The van der Waals surface area contributed by atoms with Gasteiger partial charge in [-0.15, -0.1) is 11.3 Å². The molecule has 0 fully saturated rings. The Morgan fingerprint density at radius 1 is 0.952 bits per heavy atom. The molecule has 0 radical (unpaired) electrons. The van der Waals surface area contributed by atoms with Crippen LogP contribution in [0.3, 0.4) is 0 Å². The van der Waals surface area contributed by atoms with Gasteiger partial charge in [0.25, 0.3) is 0 Å². The maximum Gasteiger partial charge on any atom is 0.348 e. The number of hydrogen-bond acceptors (Lipinski definition) is 6. The summed E-state index contributed by atoms with van der Waals surface area (Å²) in [6.45, 7) is 0. The average molecular weight is 304 g/mol. The molecule has 21 heavy (non-hydrogen) atoms. The molecule has 5 nitrogen and oxygen atoms in total. The van der Waals surface area contributed by atoms with Crippen molar-refractivity contribution in [2.75, 3.05) is 14.2 Å². The summed E-state index contributed by atoms with van der Waals surface area (Å²) < 4.78 is 9.29. The Hall–Kier alpha value is -2.47. The Kier molecular flexibility index (Phi) is 4.49. The van der Waals surface area contributed by atoms with Crippen LogP contribution >= 0.6 is 11.3 Å². The number of ether oxygens (including phenoxy) is 2. The largest absolute Gasteiger partial charge is 0.465 e. The standard InChI is InChI=1S/C15H12O5S/c1-19-14(17)11-10(8-21-13(11)15(18)20-2)12(16)9-6-4-3-5-7-9/h3-8H,1-2H3. The quantitative estimate of drug-likeness (QED) is 0.641. The van der Waals surface area contributed by atoms with E-state index in [1.807, 2.05) is 0 Å². The van der Waals surface area contributed by atoms with E-state index in [0.29, 0.717) is 5.56 Å². The van der Waals surface area contributed by atoms with Crippen molar-refractivity contribution >= 4 is 29.1 Å². The molecule has 1 aromatic carbocycles. The molecule has 0 saturated heterocycles. The molecular formula is C15H12O5S. The molecule has 6 heteroatoms. The maximum absolute atomic E-state index is 12.5. The number of esters is 2. The molecular weight excluding hydrogens is 292 g/mol. The third-order valence-electron chi connectivity index (χ3n) is 2.83. The fraction of sp³-hybridized carbons (Fsp3) is 0.133. The lowest BCUT2D eigenvalue weighted by molar-refractivity contribution is 0.0558. The molecule has 0 atom stereocenters. The summed E-state index contributed by atoms with van der Waals surface area (Å²) in [6.07, 6.45) is 0. The van der Waals surface area contributed by atoms with E-state index in [9.17, 15) is 14.4 Å². The van der Waals surface area contributed by atoms with Gasteiger partial charge in [-0.3, -0.25) is 4.79 Å². The first kappa shape index (κ1) is 14.9. The first-order chi connectivity index (χ1) is 10.1. The third-order valence-corrected chi connectivity index (χ3v) is 3.79. The predicted molar refractivity (Wildman–Crippen MR) is 76.9 cm³/mol. The van der Waals surface area contributed by atoms with Crippen molar-refractivity contribution in [3.63, 3.8) is 0 Å². The number of carbonyl (C=O) groups excluding carboxylic acids is 3. The SMILES string of the molecule is COC(=O)c1scc(C(=O)c2ccccc2)c1C(=O)OC. The second-order valence-corrected chi connectivity index (χ2v) is 4.91. The second-order valence-electron chi connectivity index (χ2n) is 4.03. The van der Waals surface area contributed by atoms with Crippen LogP contribution in [0.25, 0.3) is 0 Å². The Labute approximate surface area is 125 Å². The third kappa shape index (κ3) is 2.85. The van der Waals surface area contributed by atoms with Crippen molar-refractivity contribution in [3.8, 4) is 0 Å². The van der Waals surface area contributed by atoms with Crippen LogP contribution in [0.4, 0.5) is 0 Å². The smallest absolute Gasteiger partial charge is 0.348 e. The van der Waals surface area contributed by atoms with E-state index in [1.54, 1.807) is 30.3 Å². The monoisotopic (exact) mass is 304 g/mol. The molecule has 0 N–H and O–H groups in total. The molecule has 0 aliphatic rings. The molecule has 0 unspecified atom stereocenters. The van der Waals surface area contributed by atoms with Gasteiger partial charge in [-0.05, 0) is 0 Å². The zero-order valence-corrected chi connectivity index (χ0v) is 12.2. The van der Waals surface area contributed by atoms with Crippen molar-refractivity contribution in [3.05, 3.63) is 57.3 Å². The summed E-state index contributed by atoms with van der Waals surface area (Å²) in [7, 11) is 2.40. The van der Waals surface area contributed by atoms with Crippen LogP contribution in [0.15, 0.2) is 35.7 Å². The summed E-state index contributed by atoms with van der Waals surface area (Å²) in [5.41, 5.74) is 0.513. The summed E-state index contributed by atoms with van der Waals surface area (Å²) in [6, 6.07) is 8.50. The van der Waals surface area contributed by atoms with E-state index in [0.717, 1.165) is 11.3 Å². The Bertz CT molecular complexity index is 687. The van der Waals surface area contributed by atoms with Crippen LogP contribution in [0.5, 0.6) is 0 Å². The molecule has 0 spiro atoms. The number of methoxy groups -OCH3 is 2. The lowest BCUT2D eigenvalue weighted by atomic mass is 10.0. The Morgan fingerprint density at radius 2 is 1.57 bits per heavy atom. The van der Waals surface area contributed by atoms with Gasteiger partial charge in [0.15, 0.2) is 5.78 Å². The van der Waals surface area contributed by atoms with Gasteiger partial charge in [-0.2, -0.15) is 0 Å². The van der Waals surface area contributed by atoms with Crippen molar-refractivity contribution in [1.82, 2.24) is 0 Å². The highest BCUT2D eigenvalue weighted by atomic mass is 32.1. The topological polar surface area (TPSA) is 69.7 Å². The van der Waals surface area contributed by atoms with E-state index in [4.69, 9.17) is 0 Å². The zero-order valence-electron chi connectivity index (χ0n) is 11.4. The van der Waals surface area contributed by atoms with Crippen LogP contribution in [0.1, 0.15) is 36.0 Å². The van der Waals surface area contributed by atoms with Crippen LogP contribution in [0.2, 0.25) is 0 Å². The van der Waals surface area contributed by atoms with Crippen molar-refractivity contribution in [2.45, 2.75) is 0 Å². The van der Waals surface area contributed by atoms with Gasteiger partial charge in [0, 0.05) is 16.5 Å². The zero-order chi connectivity index (χ0) is 15.4. The normalized spacial score (nSPS) is 10.0. The summed E-state index contributed by atoms with van der Waals surface area (Å²) in [4.78, 5) is 36.1. The van der Waals surface area contributed by atoms with E-state index in [2.05, 4.69) is 9.47 Å². The molecule has 2 aromatic rings. The summed E-state index contributed by atoms with van der Waals surface area (Å²) in [5.74, 6) is -1.76. The lowest BCUT2D eigenvalue weighted by Gasteiger charge is -2.04. The molecule has 0 bridgehead atoms. The molecule has 0 amide bonds. The number of thiophene rings is 1. The van der Waals surface area contributed by atoms with Crippen LogP contribution in [-0.2, 0) is 9.47 Å². The van der Waals surface area contributed by atoms with E-state index in [1.165, 1.54) is 19.6 Å². The van der Waals surface area contributed by atoms with Gasteiger partial charge in [-0.1, -0.05) is 30.3 Å². The highest BCUT2D eigenvalue weighted by Gasteiger charge is 2.28. The minimum atomic E-state index is -0.740. The first-order valence-corrected chi connectivity index (χ1v) is 6.86. The average Bonchev–Trinajstić information content (AvgIpc) is 2.98. The van der Waals surface area contributed by atoms with Gasteiger partial charge < -0.3 is 9.47 Å². The molecule has 2 rings (SSSR count). The van der Waals surface area contributed by atoms with Crippen molar-refractivity contribution in [1.29, 1.82) is 0 Å². The van der Waals surface area contributed by atoms with Gasteiger partial charge in [0.2, 0.25) is 0 Å². The minimum Gasteiger partial charge on any atom is -0.465 e. The Morgan fingerprint density at radius 3 is 2.14 bits per heavy atom. The Balaban J connectivity index is 2.54. The van der Waals surface area contributed by atoms with Gasteiger partial charge in [0.05, 0.1) is 19.8 Å². The van der Waals surface area contributed by atoms with Crippen LogP contribution in [0, 0.1) is 0 Å². The molecule has 0 aliphatic carbocycles. The molecule has 0 aliphatic heterocycles. The molecule has 1 heterocycles. The fourth-order valence-corrected chi connectivity index (χ4v) is 2.77. The molecule has 1 aromatic heterocycles. The van der Waals surface area contributed by atoms with Gasteiger partial charge >= 0.3 is 11.9 Å².